The van der Waals surface area contributed by atoms with Crippen molar-refractivity contribution in [2.75, 3.05) is 0 Å². The Morgan fingerprint density at radius 2 is 1.83 bits per heavy atom. The predicted molar refractivity (Wildman–Crippen MR) is 90.0 cm³/mol. The summed E-state index contributed by atoms with van der Waals surface area (Å²) in [5.74, 6) is -1.10. The molecule has 1 heterocycles. The number of aromatic nitrogens is 1. The molecule has 0 radical (unpaired) electrons. The third kappa shape index (κ3) is 2.50. The molecular weight excluding hydrogens is 293 g/mol. The maximum Gasteiger partial charge on any atom is 0.263 e. The molecule has 0 spiro atoms. The van der Waals surface area contributed by atoms with E-state index >= 15 is 0 Å². The van der Waals surface area contributed by atoms with Crippen LogP contribution in [0.1, 0.15) is 30.9 Å². The smallest absolute Gasteiger partial charge is 0.263 e. The fourth-order valence-corrected chi connectivity index (χ4v) is 2.85. The minimum Gasteiger partial charge on any atom is -0.505 e. The molecule has 4 heteroatoms. The van der Waals surface area contributed by atoms with Gasteiger partial charge in [-0.25, -0.2) is 4.39 Å². The van der Waals surface area contributed by atoms with Crippen LogP contribution in [0.4, 0.5) is 4.39 Å². The lowest BCUT2D eigenvalue weighted by atomic mass is 9.97. The summed E-state index contributed by atoms with van der Waals surface area (Å²) in [4.78, 5) is 12.8. The van der Waals surface area contributed by atoms with Crippen LogP contribution in [0.3, 0.4) is 0 Å². The van der Waals surface area contributed by atoms with Crippen molar-refractivity contribution >= 4 is 10.8 Å². The zero-order valence-corrected chi connectivity index (χ0v) is 13.3. The van der Waals surface area contributed by atoms with Crippen molar-refractivity contribution in [3.8, 4) is 11.4 Å². The molecule has 0 atom stereocenters. The molecule has 118 valence electrons. The van der Waals surface area contributed by atoms with E-state index in [0.29, 0.717) is 5.39 Å². The third-order valence-corrected chi connectivity index (χ3v) is 4.11. The van der Waals surface area contributed by atoms with Crippen LogP contribution in [0.15, 0.2) is 47.4 Å². The molecule has 0 unspecified atom stereocenters. The number of benzene rings is 2. The second-order valence-corrected chi connectivity index (χ2v) is 6.05. The predicted octanol–water partition coefficient (Wildman–Crippen LogP) is 4.27. The Morgan fingerprint density at radius 3 is 2.48 bits per heavy atom. The fourth-order valence-electron chi connectivity index (χ4n) is 2.85. The summed E-state index contributed by atoms with van der Waals surface area (Å²) in [7, 11) is 0. The van der Waals surface area contributed by atoms with Gasteiger partial charge in [-0.2, -0.15) is 0 Å². The van der Waals surface area contributed by atoms with Crippen LogP contribution < -0.4 is 5.56 Å². The number of hydrogen-bond acceptors (Lipinski definition) is 2. The molecule has 1 N–H and O–H groups in total. The van der Waals surface area contributed by atoms with E-state index in [0.717, 1.165) is 22.9 Å². The SMILES string of the molecule is Cc1ccccc1-n1cc(C(C)C)c2cc(O)c(F)cc2c1=O. The molecular formula is C19H18FNO2. The van der Waals surface area contributed by atoms with Crippen LogP contribution in [0.25, 0.3) is 16.5 Å². The number of phenols is 1. The number of halogens is 1. The van der Waals surface area contributed by atoms with Crippen molar-refractivity contribution in [1.82, 2.24) is 4.57 Å². The molecule has 0 fully saturated rings. The number of fused-ring (bicyclic) bond motifs is 1. The summed E-state index contributed by atoms with van der Waals surface area (Å²) >= 11 is 0. The molecule has 0 aliphatic heterocycles. The lowest BCUT2D eigenvalue weighted by Gasteiger charge is -2.16. The van der Waals surface area contributed by atoms with Gasteiger partial charge in [0.25, 0.3) is 5.56 Å². The molecule has 0 aliphatic rings. The van der Waals surface area contributed by atoms with Crippen molar-refractivity contribution in [3.63, 3.8) is 0 Å². The fraction of sp³-hybridized carbons (Fsp3) is 0.211. The lowest BCUT2D eigenvalue weighted by molar-refractivity contribution is 0.433. The molecule has 0 aliphatic carbocycles. The Kier molecular flexibility index (Phi) is 3.68. The number of aryl methyl sites for hydroxylation is 1. The Hall–Kier alpha value is -2.62. The Balaban J connectivity index is 2.46. The molecule has 1 aromatic heterocycles. The van der Waals surface area contributed by atoms with Crippen molar-refractivity contribution < 1.29 is 9.50 Å². The zero-order chi connectivity index (χ0) is 16.7. The summed E-state index contributed by atoms with van der Waals surface area (Å²) in [6.07, 6.45) is 1.79. The van der Waals surface area contributed by atoms with Crippen LogP contribution in [0, 0.1) is 12.7 Å². The minimum absolute atomic E-state index is 0.123. The number of phenolic OH excluding ortho intramolecular Hbond substituents is 1. The number of para-hydroxylation sites is 1. The van der Waals surface area contributed by atoms with Gasteiger partial charge in [-0.15, -0.1) is 0 Å². The van der Waals surface area contributed by atoms with E-state index in [1.807, 2.05) is 45.0 Å². The second kappa shape index (κ2) is 5.54. The maximum absolute atomic E-state index is 13.8. The van der Waals surface area contributed by atoms with E-state index in [1.165, 1.54) is 6.07 Å². The van der Waals surface area contributed by atoms with Gasteiger partial charge < -0.3 is 5.11 Å². The molecule has 3 aromatic rings. The molecule has 0 amide bonds. The Labute approximate surface area is 133 Å². The van der Waals surface area contributed by atoms with E-state index < -0.39 is 11.6 Å². The summed E-state index contributed by atoms with van der Waals surface area (Å²) in [5, 5.41) is 10.5. The van der Waals surface area contributed by atoms with E-state index in [4.69, 9.17) is 0 Å². The Morgan fingerprint density at radius 1 is 1.13 bits per heavy atom. The van der Waals surface area contributed by atoms with Crippen LogP contribution in [0.5, 0.6) is 5.75 Å². The van der Waals surface area contributed by atoms with Gasteiger partial charge >= 0.3 is 0 Å². The Bertz CT molecular complexity index is 957. The summed E-state index contributed by atoms with van der Waals surface area (Å²) in [6.45, 7) is 5.93. The highest BCUT2D eigenvalue weighted by atomic mass is 19.1. The highest BCUT2D eigenvalue weighted by molar-refractivity contribution is 5.87. The molecule has 0 bridgehead atoms. The van der Waals surface area contributed by atoms with Gasteiger partial charge in [-0.05, 0) is 47.6 Å². The number of pyridine rings is 1. The van der Waals surface area contributed by atoms with Crippen LogP contribution >= 0.6 is 0 Å². The standard InChI is InChI=1S/C19H18FNO2/c1-11(2)15-10-21(17-7-5-4-6-12(17)3)19(23)14-8-16(20)18(22)9-13(14)15/h4-11,22H,1-3H3. The van der Waals surface area contributed by atoms with Crippen molar-refractivity contribution in [3.05, 3.63) is 69.9 Å². The average Bonchev–Trinajstić information content (AvgIpc) is 2.50. The van der Waals surface area contributed by atoms with Gasteiger partial charge in [0.05, 0.1) is 11.1 Å². The van der Waals surface area contributed by atoms with Gasteiger partial charge in [0.15, 0.2) is 11.6 Å². The van der Waals surface area contributed by atoms with Crippen molar-refractivity contribution in [2.24, 2.45) is 0 Å². The summed E-state index contributed by atoms with van der Waals surface area (Å²) < 4.78 is 15.3. The maximum atomic E-state index is 13.8. The van der Waals surface area contributed by atoms with Crippen LogP contribution in [-0.4, -0.2) is 9.67 Å². The van der Waals surface area contributed by atoms with Gasteiger partial charge in [0.1, 0.15) is 0 Å². The summed E-state index contributed by atoms with van der Waals surface area (Å²) in [6, 6.07) is 10.0. The molecule has 3 nitrogen and oxygen atoms in total. The van der Waals surface area contributed by atoms with Gasteiger partial charge in [-0.1, -0.05) is 32.0 Å². The first-order valence-electron chi connectivity index (χ1n) is 7.54. The molecule has 3 rings (SSSR count). The van der Waals surface area contributed by atoms with Gasteiger partial charge in [0.2, 0.25) is 0 Å². The largest absolute Gasteiger partial charge is 0.505 e. The molecule has 0 saturated heterocycles. The highest BCUT2D eigenvalue weighted by Gasteiger charge is 2.16. The third-order valence-electron chi connectivity index (χ3n) is 4.11. The van der Waals surface area contributed by atoms with Gasteiger partial charge in [0, 0.05) is 6.20 Å². The quantitative estimate of drug-likeness (QED) is 0.768. The number of aromatic hydroxyl groups is 1. The molecule has 23 heavy (non-hydrogen) atoms. The lowest BCUT2D eigenvalue weighted by Crippen LogP contribution is -2.20. The molecule has 0 saturated carbocycles. The topological polar surface area (TPSA) is 42.2 Å². The van der Waals surface area contributed by atoms with E-state index in [2.05, 4.69) is 0 Å². The first kappa shape index (κ1) is 15.3. The van der Waals surface area contributed by atoms with E-state index in [9.17, 15) is 14.3 Å². The monoisotopic (exact) mass is 311 g/mol. The first-order chi connectivity index (χ1) is 10.9. The molecule has 2 aromatic carbocycles. The normalized spacial score (nSPS) is 11.3. The average molecular weight is 311 g/mol. The van der Waals surface area contributed by atoms with Crippen molar-refractivity contribution in [1.29, 1.82) is 0 Å². The van der Waals surface area contributed by atoms with Crippen molar-refractivity contribution in [2.45, 2.75) is 26.7 Å². The number of nitrogens with zero attached hydrogens (tertiary/aromatic N) is 1. The van der Waals surface area contributed by atoms with E-state index in [-0.39, 0.29) is 16.9 Å². The summed E-state index contributed by atoms with van der Waals surface area (Å²) in [5.41, 5.74) is 2.33. The van der Waals surface area contributed by atoms with Crippen LogP contribution in [-0.2, 0) is 0 Å². The van der Waals surface area contributed by atoms with Crippen LogP contribution in [0.2, 0.25) is 0 Å². The highest BCUT2D eigenvalue weighted by Crippen LogP contribution is 2.29. The number of hydrogen-bond donors (Lipinski definition) is 1. The van der Waals surface area contributed by atoms with Gasteiger partial charge in [-0.3, -0.25) is 9.36 Å². The minimum atomic E-state index is -0.785. The van der Waals surface area contributed by atoms with E-state index in [1.54, 1.807) is 10.8 Å². The number of rotatable bonds is 2. The first-order valence-corrected chi connectivity index (χ1v) is 7.54. The zero-order valence-electron chi connectivity index (χ0n) is 13.3. The second-order valence-electron chi connectivity index (χ2n) is 6.05.